The minimum absolute atomic E-state index is 0. The number of imidazole rings is 1. The van der Waals surface area contributed by atoms with Crippen molar-refractivity contribution in [3.8, 4) is 0 Å². The molecule has 5 nitrogen and oxygen atoms in total. The van der Waals surface area contributed by atoms with Crippen LogP contribution in [0.1, 0.15) is 49.7 Å². The Kier molecular flexibility index (Phi) is 5.74. The SMILES string of the molecule is CCOCc1nc2cnc3c(c2n1C[C@H]1CCCO1)CCCC3.Cl. The second-order valence-electron chi connectivity index (χ2n) is 6.54. The molecule has 0 saturated carbocycles. The molecular weight excluding hydrogens is 326 g/mol. The first kappa shape index (κ1) is 17.6. The number of nitrogens with zero attached hydrogens (tertiary/aromatic N) is 3. The van der Waals surface area contributed by atoms with Gasteiger partial charge in [-0.3, -0.25) is 4.98 Å². The Morgan fingerprint density at radius 3 is 2.96 bits per heavy atom. The average molecular weight is 352 g/mol. The van der Waals surface area contributed by atoms with E-state index >= 15 is 0 Å². The van der Waals surface area contributed by atoms with Gasteiger partial charge in [0, 0.05) is 18.9 Å². The second-order valence-corrected chi connectivity index (χ2v) is 6.54. The molecule has 2 aliphatic rings. The van der Waals surface area contributed by atoms with Gasteiger partial charge in [-0.2, -0.15) is 0 Å². The third kappa shape index (κ3) is 3.30. The smallest absolute Gasteiger partial charge is 0.136 e. The van der Waals surface area contributed by atoms with E-state index in [4.69, 9.17) is 14.5 Å². The highest BCUT2D eigenvalue weighted by Crippen LogP contribution is 2.29. The van der Waals surface area contributed by atoms with Crippen LogP contribution in [-0.4, -0.2) is 33.9 Å². The molecular formula is C18H26ClN3O2. The largest absolute Gasteiger partial charge is 0.376 e. The molecule has 1 saturated heterocycles. The number of hydrogen-bond acceptors (Lipinski definition) is 4. The number of aryl methyl sites for hydroxylation is 2. The second kappa shape index (κ2) is 7.81. The van der Waals surface area contributed by atoms with Gasteiger partial charge in [0.25, 0.3) is 0 Å². The fraction of sp³-hybridized carbons (Fsp3) is 0.667. The molecule has 1 aliphatic heterocycles. The van der Waals surface area contributed by atoms with E-state index < -0.39 is 0 Å². The van der Waals surface area contributed by atoms with Crippen LogP contribution in [0.4, 0.5) is 0 Å². The molecule has 1 fully saturated rings. The summed E-state index contributed by atoms with van der Waals surface area (Å²) in [5, 5.41) is 0. The van der Waals surface area contributed by atoms with Crippen LogP contribution >= 0.6 is 12.4 Å². The summed E-state index contributed by atoms with van der Waals surface area (Å²) in [7, 11) is 0. The van der Waals surface area contributed by atoms with E-state index in [1.54, 1.807) is 0 Å². The topological polar surface area (TPSA) is 49.2 Å². The van der Waals surface area contributed by atoms with E-state index in [1.807, 2.05) is 13.1 Å². The summed E-state index contributed by atoms with van der Waals surface area (Å²) in [5.41, 5.74) is 4.96. The van der Waals surface area contributed by atoms with Crippen LogP contribution in [0.2, 0.25) is 0 Å². The highest BCUT2D eigenvalue weighted by Gasteiger charge is 2.23. The molecule has 2 aromatic rings. The lowest BCUT2D eigenvalue weighted by Gasteiger charge is -2.19. The lowest BCUT2D eigenvalue weighted by molar-refractivity contribution is 0.0913. The van der Waals surface area contributed by atoms with Crippen LogP contribution in [0.15, 0.2) is 6.20 Å². The van der Waals surface area contributed by atoms with Crippen LogP contribution in [0.3, 0.4) is 0 Å². The van der Waals surface area contributed by atoms with Crippen molar-refractivity contribution < 1.29 is 9.47 Å². The Bertz CT molecular complexity index is 695. The third-order valence-electron chi connectivity index (χ3n) is 4.99. The lowest BCUT2D eigenvalue weighted by Crippen LogP contribution is -2.18. The summed E-state index contributed by atoms with van der Waals surface area (Å²) in [4.78, 5) is 9.49. The van der Waals surface area contributed by atoms with E-state index in [0.29, 0.717) is 19.3 Å². The predicted molar refractivity (Wildman–Crippen MR) is 95.7 cm³/mol. The molecule has 0 radical (unpaired) electrons. The minimum Gasteiger partial charge on any atom is -0.376 e. The van der Waals surface area contributed by atoms with Crippen LogP contribution in [0, 0.1) is 0 Å². The normalized spacial score (nSPS) is 20.1. The van der Waals surface area contributed by atoms with Gasteiger partial charge < -0.3 is 14.0 Å². The molecule has 0 amide bonds. The maximum absolute atomic E-state index is 5.87. The molecule has 0 bridgehead atoms. The Morgan fingerprint density at radius 1 is 1.29 bits per heavy atom. The number of fused-ring (bicyclic) bond motifs is 3. The fourth-order valence-electron chi connectivity index (χ4n) is 3.85. The summed E-state index contributed by atoms with van der Waals surface area (Å²) in [6.07, 6.45) is 9.26. The molecule has 0 spiro atoms. The molecule has 132 valence electrons. The average Bonchev–Trinajstić information content (AvgIpc) is 3.21. The summed E-state index contributed by atoms with van der Waals surface area (Å²) in [6, 6.07) is 0. The van der Waals surface area contributed by atoms with E-state index in [0.717, 1.165) is 50.2 Å². The Labute approximate surface area is 149 Å². The number of ether oxygens (including phenoxy) is 2. The monoisotopic (exact) mass is 351 g/mol. The molecule has 6 heteroatoms. The van der Waals surface area contributed by atoms with Gasteiger partial charge in [0.1, 0.15) is 17.9 Å². The maximum Gasteiger partial charge on any atom is 0.136 e. The van der Waals surface area contributed by atoms with Crippen molar-refractivity contribution in [2.24, 2.45) is 0 Å². The number of halogens is 1. The molecule has 0 aromatic carbocycles. The summed E-state index contributed by atoms with van der Waals surface area (Å²) >= 11 is 0. The first-order chi connectivity index (χ1) is 11.4. The highest BCUT2D eigenvalue weighted by atomic mass is 35.5. The Hall–Kier alpha value is -1.17. The number of pyridine rings is 1. The highest BCUT2D eigenvalue weighted by molar-refractivity contribution is 5.85. The van der Waals surface area contributed by atoms with Crippen molar-refractivity contribution in [3.05, 3.63) is 23.3 Å². The van der Waals surface area contributed by atoms with Gasteiger partial charge in [-0.15, -0.1) is 12.4 Å². The zero-order chi connectivity index (χ0) is 15.6. The van der Waals surface area contributed by atoms with Gasteiger partial charge in [-0.25, -0.2) is 4.98 Å². The standard InChI is InChI=1S/C18H25N3O2.ClH/c1-2-22-12-17-20-16-10-19-15-8-4-3-7-14(15)18(16)21(17)11-13-6-5-9-23-13;/h10,13H,2-9,11-12H2,1H3;1H/t13-;/m1./s1. The molecule has 0 unspecified atom stereocenters. The van der Waals surface area contributed by atoms with Gasteiger partial charge in [-0.1, -0.05) is 0 Å². The van der Waals surface area contributed by atoms with Gasteiger partial charge >= 0.3 is 0 Å². The summed E-state index contributed by atoms with van der Waals surface area (Å²) < 4.78 is 13.9. The van der Waals surface area contributed by atoms with Crippen molar-refractivity contribution in [1.82, 2.24) is 14.5 Å². The Morgan fingerprint density at radius 2 is 2.17 bits per heavy atom. The molecule has 24 heavy (non-hydrogen) atoms. The molecule has 0 N–H and O–H groups in total. The molecule has 4 rings (SSSR count). The number of hydrogen-bond donors (Lipinski definition) is 0. The van der Waals surface area contributed by atoms with Crippen molar-refractivity contribution >= 4 is 23.4 Å². The van der Waals surface area contributed by atoms with E-state index in [2.05, 4.69) is 9.55 Å². The maximum atomic E-state index is 5.87. The number of aromatic nitrogens is 3. The van der Waals surface area contributed by atoms with E-state index in [9.17, 15) is 0 Å². The molecule has 1 atom stereocenters. The van der Waals surface area contributed by atoms with Crippen molar-refractivity contribution in [2.45, 2.75) is 64.7 Å². The van der Waals surface area contributed by atoms with Gasteiger partial charge in [0.05, 0.1) is 24.4 Å². The number of rotatable bonds is 5. The quantitative estimate of drug-likeness (QED) is 0.827. The van der Waals surface area contributed by atoms with Gasteiger partial charge in [0.15, 0.2) is 0 Å². The van der Waals surface area contributed by atoms with Crippen molar-refractivity contribution in [3.63, 3.8) is 0 Å². The third-order valence-corrected chi connectivity index (χ3v) is 4.99. The molecule has 3 heterocycles. The minimum atomic E-state index is 0. The predicted octanol–water partition coefficient (Wildman–Crippen LogP) is 3.45. The first-order valence-electron chi connectivity index (χ1n) is 8.92. The first-order valence-corrected chi connectivity index (χ1v) is 8.92. The van der Waals surface area contributed by atoms with E-state index in [-0.39, 0.29) is 12.4 Å². The fourth-order valence-corrected chi connectivity index (χ4v) is 3.85. The van der Waals surface area contributed by atoms with Crippen LogP contribution in [0.5, 0.6) is 0 Å². The summed E-state index contributed by atoms with van der Waals surface area (Å²) in [5.74, 6) is 1.01. The molecule has 2 aromatic heterocycles. The lowest BCUT2D eigenvalue weighted by atomic mass is 9.95. The van der Waals surface area contributed by atoms with E-state index in [1.165, 1.54) is 29.6 Å². The van der Waals surface area contributed by atoms with Gasteiger partial charge in [-0.05, 0) is 51.0 Å². The van der Waals surface area contributed by atoms with Crippen LogP contribution in [0.25, 0.3) is 11.0 Å². The molecule has 1 aliphatic carbocycles. The van der Waals surface area contributed by atoms with Crippen LogP contribution < -0.4 is 0 Å². The zero-order valence-corrected chi connectivity index (χ0v) is 15.1. The zero-order valence-electron chi connectivity index (χ0n) is 14.3. The Balaban J connectivity index is 0.00000169. The van der Waals surface area contributed by atoms with Crippen molar-refractivity contribution in [1.29, 1.82) is 0 Å². The summed E-state index contributed by atoms with van der Waals surface area (Å²) in [6.45, 7) is 5.07. The van der Waals surface area contributed by atoms with Crippen molar-refractivity contribution in [2.75, 3.05) is 13.2 Å². The van der Waals surface area contributed by atoms with Crippen LogP contribution in [-0.2, 0) is 35.5 Å². The van der Waals surface area contributed by atoms with Gasteiger partial charge in [0.2, 0.25) is 0 Å².